The van der Waals surface area contributed by atoms with Gasteiger partial charge < -0.3 is 14.1 Å². The second-order valence-corrected chi connectivity index (χ2v) is 16.6. The second-order valence-electron chi connectivity index (χ2n) is 10.7. The molecule has 0 spiro atoms. The summed E-state index contributed by atoms with van der Waals surface area (Å²) in [5.74, 6) is -0.693. The van der Waals surface area contributed by atoms with Crippen molar-refractivity contribution in [3.63, 3.8) is 0 Å². The molecule has 0 N–H and O–H groups in total. The third kappa shape index (κ3) is 4.62. The van der Waals surface area contributed by atoms with Gasteiger partial charge in [-0.05, 0) is 43.5 Å². The van der Waals surface area contributed by atoms with Gasteiger partial charge in [-0.25, -0.2) is 4.79 Å². The van der Waals surface area contributed by atoms with E-state index in [2.05, 4.69) is 38.8 Å². The fourth-order valence-electron chi connectivity index (χ4n) is 4.39. The number of esters is 1. The van der Waals surface area contributed by atoms with E-state index in [1.165, 1.54) is 0 Å². The van der Waals surface area contributed by atoms with Crippen molar-refractivity contribution in [3.05, 3.63) is 46.6 Å². The topological polar surface area (TPSA) is 59.1 Å². The van der Waals surface area contributed by atoms with Crippen LogP contribution in [0.15, 0.2) is 41.1 Å². The van der Waals surface area contributed by atoms with Crippen molar-refractivity contribution in [1.29, 1.82) is 0 Å². The molecule has 180 valence electrons. The maximum atomic E-state index is 13.4. The monoisotopic (exact) mass is 488 g/mol. The third-order valence-electron chi connectivity index (χ3n) is 7.35. The fourth-order valence-corrected chi connectivity index (χ4v) is 7.47. The summed E-state index contributed by atoms with van der Waals surface area (Å²) in [6.07, 6.45) is 2.01. The van der Waals surface area contributed by atoms with E-state index in [9.17, 15) is 9.59 Å². The molecular weight excluding hydrogens is 452 g/mol. The van der Waals surface area contributed by atoms with E-state index in [0.717, 1.165) is 36.5 Å². The fraction of sp³-hybridized carbons (Fsp3) is 0.600. The molecule has 1 amide bonds. The molecule has 1 aromatic rings. The number of nitrogens with zero attached hydrogens (tertiary/aromatic N) is 2. The van der Waals surface area contributed by atoms with Crippen LogP contribution in [0.4, 0.5) is 0 Å². The molecule has 0 bridgehead atoms. The number of carbonyl (C=O) groups excluding carboxylic acids is 2. The number of ether oxygens (including phenoxy) is 1. The van der Waals surface area contributed by atoms with Crippen molar-refractivity contribution in [2.24, 2.45) is 5.92 Å². The van der Waals surface area contributed by atoms with Crippen molar-refractivity contribution >= 4 is 32.0 Å². The quantitative estimate of drug-likeness (QED) is 0.308. The second kappa shape index (κ2) is 9.11. The highest BCUT2D eigenvalue weighted by Crippen LogP contribution is 2.53. The summed E-state index contributed by atoms with van der Waals surface area (Å²) in [6, 6.07) is 9.64. The summed E-state index contributed by atoms with van der Waals surface area (Å²) in [4.78, 5) is 30.5. The number of benzene rings is 1. The Bertz CT molecular complexity index is 937. The van der Waals surface area contributed by atoms with E-state index in [-0.39, 0.29) is 34.9 Å². The molecule has 4 rings (SSSR count). The largest absolute Gasteiger partial charge is 0.456 e. The molecule has 0 unspecified atom stereocenters. The number of β-lactam (4-membered cyclic amide) rings is 1. The van der Waals surface area contributed by atoms with Gasteiger partial charge in [0.05, 0.1) is 12.0 Å². The molecule has 2 saturated heterocycles. The maximum absolute atomic E-state index is 13.4. The predicted molar refractivity (Wildman–Crippen MR) is 134 cm³/mol. The van der Waals surface area contributed by atoms with Crippen LogP contribution in [0.3, 0.4) is 0 Å². The summed E-state index contributed by atoms with van der Waals surface area (Å²) >= 11 is 1.63. The lowest BCUT2D eigenvalue weighted by molar-refractivity contribution is -0.158. The summed E-state index contributed by atoms with van der Waals surface area (Å²) in [5, 5.41) is 0.861. The van der Waals surface area contributed by atoms with Gasteiger partial charge in [0.1, 0.15) is 17.0 Å². The molecule has 0 aliphatic carbocycles. The number of fused-ring (bicyclic) bond motifs is 1. The number of thioether (sulfide) groups is 1. The molecule has 0 aromatic heterocycles. The molecule has 3 aliphatic heterocycles. The number of likely N-dealkylation sites (tertiary alicyclic amines) is 1. The number of amides is 1. The van der Waals surface area contributed by atoms with Crippen LogP contribution in [0.5, 0.6) is 0 Å². The zero-order chi connectivity index (χ0) is 24.0. The molecule has 0 saturated carbocycles. The van der Waals surface area contributed by atoms with E-state index in [0.29, 0.717) is 5.70 Å². The first-order chi connectivity index (χ1) is 15.5. The first-order valence-corrected chi connectivity index (χ1v) is 15.7. The molecule has 2 fully saturated rings. The number of hydrogen-bond donors (Lipinski definition) is 0. The smallest absolute Gasteiger partial charge is 0.358 e. The van der Waals surface area contributed by atoms with Crippen molar-refractivity contribution in [2.45, 2.75) is 76.8 Å². The Morgan fingerprint density at radius 2 is 1.82 bits per heavy atom. The normalized spacial score (nSPS) is 24.1. The van der Waals surface area contributed by atoms with Crippen LogP contribution in [-0.4, -0.2) is 54.6 Å². The van der Waals surface area contributed by atoms with Crippen LogP contribution in [-0.2, 0) is 25.4 Å². The van der Waals surface area contributed by atoms with Gasteiger partial charge in [0.15, 0.2) is 14.0 Å². The van der Waals surface area contributed by atoms with Crippen molar-refractivity contribution < 1.29 is 18.8 Å². The predicted octanol–water partition coefficient (Wildman–Crippen LogP) is 4.94. The van der Waals surface area contributed by atoms with Gasteiger partial charge in [0, 0.05) is 13.1 Å². The average molecular weight is 489 g/mol. The maximum Gasteiger partial charge on any atom is 0.358 e. The zero-order valence-electron chi connectivity index (χ0n) is 20.6. The first kappa shape index (κ1) is 24.4. The standard InChI is InChI=1S/C25H36N2O4SSi/c1-17(31-33(5,6)25(2,3)4)19-21(28)27-20(23(32-22(19)27)26-14-10-11-15-26)24(29)30-16-18-12-8-7-9-13-18/h7-9,12-13,17,19,22H,10-11,14-16H2,1-6H3/t17-,19-,22+/m0/s1. The van der Waals surface area contributed by atoms with Crippen LogP contribution in [0, 0.1) is 5.92 Å². The van der Waals surface area contributed by atoms with E-state index in [4.69, 9.17) is 9.16 Å². The minimum absolute atomic E-state index is 0.0282. The number of hydrogen-bond acceptors (Lipinski definition) is 6. The van der Waals surface area contributed by atoms with Gasteiger partial charge in [0.2, 0.25) is 5.91 Å². The van der Waals surface area contributed by atoms with Crippen LogP contribution >= 0.6 is 11.8 Å². The van der Waals surface area contributed by atoms with Crippen molar-refractivity contribution in [3.8, 4) is 0 Å². The lowest BCUT2D eigenvalue weighted by atomic mass is 9.92. The van der Waals surface area contributed by atoms with Gasteiger partial charge in [-0.1, -0.05) is 62.9 Å². The zero-order valence-corrected chi connectivity index (χ0v) is 22.4. The van der Waals surface area contributed by atoms with Crippen LogP contribution < -0.4 is 0 Å². The van der Waals surface area contributed by atoms with Gasteiger partial charge in [-0.3, -0.25) is 9.69 Å². The Morgan fingerprint density at radius 1 is 1.18 bits per heavy atom. The molecule has 3 atom stereocenters. The highest BCUT2D eigenvalue weighted by molar-refractivity contribution is 8.04. The van der Waals surface area contributed by atoms with E-state index < -0.39 is 14.3 Å². The average Bonchev–Trinajstić information content (AvgIpc) is 3.37. The Hall–Kier alpha value is -1.77. The Morgan fingerprint density at radius 3 is 2.42 bits per heavy atom. The van der Waals surface area contributed by atoms with Gasteiger partial charge >= 0.3 is 5.97 Å². The molecule has 33 heavy (non-hydrogen) atoms. The summed E-state index contributed by atoms with van der Waals surface area (Å²) < 4.78 is 12.2. The minimum atomic E-state index is -2.01. The highest BCUT2D eigenvalue weighted by Gasteiger charge is 2.60. The molecular formula is C25H36N2O4SSi. The van der Waals surface area contributed by atoms with Gasteiger partial charge in [-0.15, -0.1) is 0 Å². The van der Waals surface area contributed by atoms with Crippen LogP contribution in [0.25, 0.3) is 0 Å². The van der Waals surface area contributed by atoms with Crippen molar-refractivity contribution in [1.82, 2.24) is 9.80 Å². The van der Waals surface area contributed by atoms with Gasteiger partial charge in [0.25, 0.3) is 0 Å². The molecule has 3 aliphatic rings. The first-order valence-electron chi connectivity index (χ1n) is 11.9. The lowest BCUT2D eigenvalue weighted by Crippen LogP contribution is -2.62. The minimum Gasteiger partial charge on any atom is -0.456 e. The highest BCUT2D eigenvalue weighted by atomic mass is 32.2. The van der Waals surface area contributed by atoms with Crippen LogP contribution in [0.1, 0.15) is 46.1 Å². The van der Waals surface area contributed by atoms with Gasteiger partial charge in [-0.2, -0.15) is 0 Å². The Labute approximate surface area is 202 Å². The molecule has 6 nitrogen and oxygen atoms in total. The summed E-state index contributed by atoms with van der Waals surface area (Å²) in [6.45, 7) is 15.1. The lowest BCUT2D eigenvalue weighted by Gasteiger charge is -2.48. The molecule has 3 heterocycles. The number of carbonyl (C=O) groups is 2. The third-order valence-corrected chi connectivity index (χ3v) is 13.3. The SMILES string of the molecule is C[C@H](O[Si](C)(C)C(C)(C)C)[C@H]1C(=O)N2C(C(=O)OCc3ccccc3)=C(N3CCCC3)S[C@H]12. The van der Waals surface area contributed by atoms with E-state index in [1.807, 2.05) is 37.3 Å². The Balaban J connectivity index is 1.52. The van der Waals surface area contributed by atoms with Crippen LogP contribution in [0.2, 0.25) is 18.1 Å². The molecule has 8 heteroatoms. The molecule has 0 radical (unpaired) electrons. The van der Waals surface area contributed by atoms with Crippen molar-refractivity contribution in [2.75, 3.05) is 13.1 Å². The summed E-state index contributed by atoms with van der Waals surface area (Å²) in [7, 11) is -2.01. The summed E-state index contributed by atoms with van der Waals surface area (Å²) in [5.41, 5.74) is 1.35. The van der Waals surface area contributed by atoms with E-state index in [1.54, 1.807) is 16.7 Å². The Kier molecular flexibility index (Phi) is 6.73. The van der Waals surface area contributed by atoms with E-state index >= 15 is 0 Å². The number of rotatable bonds is 7. The molecule has 1 aromatic carbocycles.